The molecule has 7 heteroatoms. The van der Waals surface area contributed by atoms with Crippen LogP contribution < -0.4 is 11.1 Å². The lowest BCUT2D eigenvalue weighted by atomic mass is 10.0. The summed E-state index contributed by atoms with van der Waals surface area (Å²) in [7, 11) is 0. The van der Waals surface area contributed by atoms with Gasteiger partial charge in [0.05, 0.1) is 0 Å². The Kier molecular flexibility index (Phi) is 4.17. The maximum absolute atomic E-state index is 12.6. The Morgan fingerprint density at radius 1 is 1.32 bits per heavy atom. The summed E-state index contributed by atoms with van der Waals surface area (Å²) in [6.45, 7) is 0.979. The Hall–Kier alpha value is -1.86. The predicted octanol–water partition coefficient (Wildman–Crippen LogP) is 0.498. The molecular weight excluding hydrogens is 302 g/mol. The Morgan fingerprint density at radius 3 is 2.86 bits per heavy atom. The van der Waals surface area contributed by atoms with E-state index >= 15 is 0 Å². The molecule has 1 fully saturated rings. The van der Waals surface area contributed by atoms with Crippen molar-refractivity contribution in [2.75, 3.05) is 12.3 Å². The average molecular weight is 319 g/mol. The minimum atomic E-state index is -0.565. The van der Waals surface area contributed by atoms with Crippen molar-refractivity contribution >= 4 is 29.5 Å². The summed E-state index contributed by atoms with van der Waals surface area (Å²) in [5.74, 6) is -0.0128. The molecule has 1 saturated heterocycles. The van der Waals surface area contributed by atoms with Crippen LogP contribution >= 0.6 is 11.8 Å². The van der Waals surface area contributed by atoms with Crippen molar-refractivity contribution in [1.82, 2.24) is 10.2 Å². The second-order valence-electron chi connectivity index (χ2n) is 5.32. The number of imide groups is 1. The van der Waals surface area contributed by atoms with Gasteiger partial charge >= 0.3 is 0 Å². The largest absolute Gasteiger partial charge is 0.330 e. The van der Waals surface area contributed by atoms with Crippen LogP contribution in [0.5, 0.6) is 0 Å². The van der Waals surface area contributed by atoms with Crippen molar-refractivity contribution in [2.24, 2.45) is 5.73 Å². The molecule has 0 bridgehead atoms. The Bertz CT molecular complexity index is 647. The quantitative estimate of drug-likeness (QED) is 0.623. The van der Waals surface area contributed by atoms with Crippen molar-refractivity contribution in [3.05, 3.63) is 29.3 Å². The maximum atomic E-state index is 12.6. The molecule has 0 radical (unpaired) electrons. The Balaban J connectivity index is 1.84. The van der Waals surface area contributed by atoms with E-state index in [1.807, 2.05) is 12.1 Å². The zero-order valence-electron chi connectivity index (χ0n) is 12.0. The molecule has 3 rings (SSSR count). The molecule has 3 N–H and O–H groups in total. The summed E-state index contributed by atoms with van der Waals surface area (Å²) in [5.41, 5.74) is 7.14. The fraction of sp³-hybridized carbons (Fsp3) is 0.400. The van der Waals surface area contributed by atoms with Gasteiger partial charge in [-0.1, -0.05) is 6.07 Å². The molecule has 1 aromatic rings. The van der Waals surface area contributed by atoms with Crippen molar-refractivity contribution < 1.29 is 14.4 Å². The number of rotatable bonds is 4. The molecular formula is C15H17N3O3S. The van der Waals surface area contributed by atoms with Gasteiger partial charge in [0, 0.05) is 35.7 Å². The SMILES string of the molecule is NCCSc1cccc2c1CN(C1CCC(=O)NC1=O)C2=O. The van der Waals surface area contributed by atoms with E-state index in [4.69, 9.17) is 5.73 Å². The molecule has 2 aliphatic heterocycles. The number of nitrogens with two attached hydrogens (primary N) is 1. The number of hydrogen-bond acceptors (Lipinski definition) is 5. The van der Waals surface area contributed by atoms with Crippen LogP contribution in [-0.4, -0.2) is 41.0 Å². The Labute approximate surface area is 132 Å². The topological polar surface area (TPSA) is 92.5 Å². The number of thioether (sulfide) groups is 1. The summed E-state index contributed by atoms with van der Waals surface area (Å²) >= 11 is 1.62. The van der Waals surface area contributed by atoms with Gasteiger partial charge in [0.2, 0.25) is 11.8 Å². The summed E-state index contributed by atoms with van der Waals surface area (Å²) in [4.78, 5) is 38.4. The monoisotopic (exact) mass is 319 g/mol. The third-order valence-electron chi connectivity index (χ3n) is 3.91. The zero-order valence-corrected chi connectivity index (χ0v) is 12.8. The number of carbonyl (C=O) groups excluding carboxylic acids is 3. The van der Waals surface area contributed by atoms with Gasteiger partial charge in [0.1, 0.15) is 6.04 Å². The molecule has 1 unspecified atom stereocenters. The lowest BCUT2D eigenvalue weighted by Gasteiger charge is -2.29. The number of fused-ring (bicyclic) bond motifs is 1. The molecule has 116 valence electrons. The van der Waals surface area contributed by atoms with Crippen LogP contribution in [0, 0.1) is 0 Å². The number of piperidine rings is 1. The van der Waals surface area contributed by atoms with Crippen molar-refractivity contribution in [1.29, 1.82) is 0 Å². The van der Waals surface area contributed by atoms with Gasteiger partial charge in [-0.15, -0.1) is 11.8 Å². The van der Waals surface area contributed by atoms with E-state index in [-0.39, 0.29) is 24.1 Å². The number of nitrogens with zero attached hydrogens (tertiary/aromatic N) is 1. The molecule has 0 saturated carbocycles. The van der Waals surface area contributed by atoms with Gasteiger partial charge in [-0.25, -0.2) is 0 Å². The highest BCUT2D eigenvalue weighted by molar-refractivity contribution is 7.99. The minimum absolute atomic E-state index is 0.139. The zero-order chi connectivity index (χ0) is 15.7. The highest BCUT2D eigenvalue weighted by Crippen LogP contribution is 2.34. The second-order valence-corrected chi connectivity index (χ2v) is 6.46. The van der Waals surface area contributed by atoms with Crippen LogP contribution in [0.3, 0.4) is 0 Å². The minimum Gasteiger partial charge on any atom is -0.330 e. The molecule has 3 amide bonds. The highest BCUT2D eigenvalue weighted by atomic mass is 32.2. The third kappa shape index (κ3) is 2.62. The number of amides is 3. The first-order valence-electron chi connectivity index (χ1n) is 7.21. The molecule has 2 aliphatic rings. The predicted molar refractivity (Wildman–Crippen MR) is 82.3 cm³/mol. The summed E-state index contributed by atoms with van der Waals surface area (Å²) in [5, 5.41) is 2.31. The van der Waals surface area contributed by atoms with Gasteiger partial charge in [-0.05, 0) is 24.1 Å². The molecule has 1 aromatic carbocycles. The van der Waals surface area contributed by atoms with Gasteiger partial charge in [-0.3, -0.25) is 19.7 Å². The number of benzene rings is 1. The number of hydrogen-bond donors (Lipinski definition) is 2. The molecule has 1 atom stereocenters. The number of nitrogens with one attached hydrogen (secondary N) is 1. The van der Waals surface area contributed by atoms with Crippen molar-refractivity contribution in [3.8, 4) is 0 Å². The third-order valence-corrected chi connectivity index (χ3v) is 5.05. The van der Waals surface area contributed by atoms with Crippen LogP contribution in [0.1, 0.15) is 28.8 Å². The number of carbonyl (C=O) groups is 3. The van der Waals surface area contributed by atoms with Gasteiger partial charge in [-0.2, -0.15) is 0 Å². The first kappa shape index (κ1) is 15.1. The molecule has 0 aliphatic carbocycles. The molecule has 0 aromatic heterocycles. The van der Waals surface area contributed by atoms with Crippen LogP contribution in [0.2, 0.25) is 0 Å². The molecule has 0 spiro atoms. The van der Waals surface area contributed by atoms with Gasteiger partial charge < -0.3 is 10.6 Å². The van der Waals surface area contributed by atoms with Gasteiger partial charge in [0.25, 0.3) is 5.91 Å². The van der Waals surface area contributed by atoms with E-state index in [1.165, 1.54) is 0 Å². The van der Waals surface area contributed by atoms with E-state index in [0.29, 0.717) is 25.1 Å². The summed E-state index contributed by atoms with van der Waals surface area (Å²) in [6, 6.07) is 5.05. The van der Waals surface area contributed by atoms with E-state index in [2.05, 4.69) is 5.32 Å². The van der Waals surface area contributed by atoms with Crippen molar-refractivity contribution in [3.63, 3.8) is 0 Å². The van der Waals surface area contributed by atoms with Crippen LogP contribution in [0.4, 0.5) is 0 Å². The smallest absolute Gasteiger partial charge is 0.255 e. The van der Waals surface area contributed by atoms with Crippen LogP contribution in [0.15, 0.2) is 23.1 Å². The lowest BCUT2D eigenvalue weighted by Crippen LogP contribution is -2.52. The molecule has 6 nitrogen and oxygen atoms in total. The van der Waals surface area contributed by atoms with E-state index < -0.39 is 6.04 Å². The normalized spacial score (nSPS) is 21.0. The first-order chi connectivity index (χ1) is 10.6. The van der Waals surface area contributed by atoms with Crippen LogP contribution in [-0.2, 0) is 16.1 Å². The van der Waals surface area contributed by atoms with E-state index in [1.54, 1.807) is 22.7 Å². The fourth-order valence-corrected chi connectivity index (χ4v) is 3.72. The average Bonchev–Trinajstić information content (AvgIpc) is 2.83. The Morgan fingerprint density at radius 2 is 2.14 bits per heavy atom. The maximum Gasteiger partial charge on any atom is 0.255 e. The highest BCUT2D eigenvalue weighted by Gasteiger charge is 2.39. The van der Waals surface area contributed by atoms with E-state index in [0.717, 1.165) is 16.2 Å². The summed E-state index contributed by atoms with van der Waals surface area (Å²) < 4.78 is 0. The first-order valence-corrected chi connectivity index (χ1v) is 8.20. The van der Waals surface area contributed by atoms with Gasteiger partial charge in [0.15, 0.2) is 0 Å². The van der Waals surface area contributed by atoms with E-state index in [9.17, 15) is 14.4 Å². The van der Waals surface area contributed by atoms with Crippen molar-refractivity contribution in [2.45, 2.75) is 30.3 Å². The molecule has 2 heterocycles. The lowest BCUT2D eigenvalue weighted by molar-refractivity contribution is -0.136. The van der Waals surface area contributed by atoms with Crippen LogP contribution in [0.25, 0.3) is 0 Å². The second kappa shape index (κ2) is 6.10. The summed E-state index contributed by atoms with van der Waals surface area (Å²) in [6.07, 6.45) is 0.654. The molecule has 22 heavy (non-hydrogen) atoms. The standard InChI is InChI=1S/C15H17N3O3S/c16-6-7-22-12-3-1-2-9-10(12)8-18(15(9)21)11-4-5-13(19)17-14(11)20/h1-3,11H,4-8,16H2,(H,17,19,20). The fourth-order valence-electron chi connectivity index (χ4n) is 2.86.